The first kappa shape index (κ1) is 14.6. The van der Waals surface area contributed by atoms with Crippen molar-refractivity contribution in [1.29, 1.82) is 0 Å². The SMILES string of the molecule is NC(=O)[C@@H]1Cc2ccccc2CN1C(=O)c1ccc2c(c1)OCO2. The molecule has 6 heteroatoms. The van der Waals surface area contributed by atoms with Crippen LogP contribution in [0.1, 0.15) is 21.5 Å². The van der Waals surface area contributed by atoms with Crippen LogP contribution in [-0.2, 0) is 17.8 Å². The molecule has 0 spiro atoms. The van der Waals surface area contributed by atoms with Crippen molar-refractivity contribution >= 4 is 11.8 Å². The van der Waals surface area contributed by atoms with E-state index in [1.807, 2.05) is 24.3 Å². The fourth-order valence-electron chi connectivity index (χ4n) is 3.19. The molecule has 4 rings (SSSR count). The van der Waals surface area contributed by atoms with E-state index in [9.17, 15) is 9.59 Å². The molecule has 0 bridgehead atoms. The lowest BCUT2D eigenvalue weighted by Crippen LogP contribution is -2.51. The number of nitrogens with two attached hydrogens (primary N) is 1. The zero-order valence-electron chi connectivity index (χ0n) is 12.9. The minimum Gasteiger partial charge on any atom is -0.454 e. The van der Waals surface area contributed by atoms with E-state index in [4.69, 9.17) is 15.2 Å². The molecule has 2 aromatic rings. The molecule has 0 radical (unpaired) electrons. The Kier molecular flexibility index (Phi) is 3.37. The molecule has 24 heavy (non-hydrogen) atoms. The highest BCUT2D eigenvalue weighted by atomic mass is 16.7. The van der Waals surface area contributed by atoms with Crippen LogP contribution in [0.5, 0.6) is 11.5 Å². The minimum absolute atomic E-state index is 0.147. The molecule has 1 atom stereocenters. The van der Waals surface area contributed by atoms with Crippen LogP contribution in [0.15, 0.2) is 42.5 Å². The van der Waals surface area contributed by atoms with Crippen LogP contribution in [-0.4, -0.2) is 29.5 Å². The summed E-state index contributed by atoms with van der Waals surface area (Å²) >= 11 is 0. The average Bonchev–Trinajstić information content (AvgIpc) is 3.07. The van der Waals surface area contributed by atoms with Crippen molar-refractivity contribution in [1.82, 2.24) is 4.90 Å². The van der Waals surface area contributed by atoms with Gasteiger partial charge >= 0.3 is 0 Å². The van der Waals surface area contributed by atoms with Crippen molar-refractivity contribution in [3.8, 4) is 11.5 Å². The second-order valence-electron chi connectivity index (χ2n) is 5.89. The highest BCUT2D eigenvalue weighted by molar-refractivity contribution is 5.98. The molecule has 2 aliphatic rings. The molecule has 2 amide bonds. The van der Waals surface area contributed by atoms with E-state index in [-0.39, 0.29) is 12.7 Å². The van der Waals surface area contributed by atoms with Gasteiger partial charge in [0.15, 0.2) is 11.5 Å². The number of benzene rings is 2. The Hall–Kier alpha value is -3.02. The summed E-state index contributed by atoms with van der Waals surface area (Å²) in [6.07, 6.45) is 0.432. The van der Waals surface area contributed by atoms with Crippen molar-refractivity contribution in [2.24, 2.45) is 5.73 Å². The van der Waals surface area contributed by atoms with Crippen LogP contribution in [0.25, 0.3) is 0 Å². The Morgan fingerprint density at radius 3 is 2.58 bits per heavy atom. The van der Waals surface area contributed by atoms with Gasteiger partial charge in [-0.25, -0.2) is 0 Å². The van der Waals surface area contributed by atoms with Gasteiger partial charge in [0, 0.05) is 18.5 Å². The quantitative estimate of drug-likeness (QED) is 0.907. The van der Waals surface area contributed by atoms with Crippen LogP contribution in [0.2, 0.25) is 0 Å². The Morgan fingerprint density at radius 2 is 1.79 bits per heavy atom. The van der Waals surface area contributed by atoms with Gasteiger partial charge in [-0.3, -0.25) is 9.59 Å². The first-order valence-corrected chi connectivity index (χ1v) is 7.70. The van der Waals surface area contributed by atoms with Gasteiger partial charge in [0.05, 0.1) is 0 Å². The van der Waals surface area contributed by atoms with Crippen LogP contribution in [0.3, 0.4) is 0 Å². The lowest BCUT2D eigenvalue weighted by Gasteiger charge is -2.35. The summed E-state index contributed by atoms with van der Waals surface area (Å²) in [6, 6.07) is 12.1. The number of primary amides is 1. The maximum atomic E-state index is 12.9. The molecule has 0 saturated carbocycles. The second kappa shape index (κ2) is 5.56. The van der Waals surface area contributed by atoms with E-state index in [1.54, 1.807) is 18.2 Å². The molecule has 0 saturated heterocycles. The van der Waals surface area contributed by atoms with Crippen LogP contribution >= 0.6 is 0 Å². The number of hydrogen-bond donors (Lipinski definition) is 1. The van der Waals surface area contributed by atoms with Gasteiger partial charge in [-0.05, 0) is 29.3 Å². The number of fused-ring (bicyclic) bond motifs is 2. The number of amides is 2. The van der Waals surface area contributed by atoms with E-state index in [0.29, 0.717) is 30.0 Å². The zero-order valence-corrected chi connectivity index (χ0v) is 12.9. The minimum atomic E-state index is -0.655. The van der Waals surface area contributed by atoms with Crippen LogP contribution in [0.4, 0.5) is 0 Å². The number of ether oxygens (including phenoxy) is 2. The standard InChI is InChI=1S/C18H16N2O4/c19-17(21)14-7-11-3-1-2-4-13(11)9-20(14)18(22)12-5-6-15-16(8-12)24-10-23-15/h1-6,8,14H,7,9-10H2,(H2,19,21)/t14-/m0/s1. The Balaban J connectivity index is 1.68. The third-order valence-corrected chi connectivity index (χ3v) is 4.46. The first-order chi connectivity index (χ1) is 11.6. The lowest BCUT2D eigenvalue weighted by molar-refractivity contribution is -0.122. The molecular weight excluding hydrogens is 308 g/mol. The topological polar surface area (TPSA) is 81.9 Å². The lowest BCUT2D eigenvalue weighted by atomic mass is 9.93. The van der Waals surface area contributed by atoms with Gasteiger partial charge in [0.2, 0.25) is 12.7 Å². The predicted molar refractivity (Wildman–Crippen MR) is 85.6 cm³/mol. The Labute approximate surface area is 138 Å². The molecule has 122 valence electrons. The molecule has 2 aliphatic heterocycles. The van der Waals surface area contributed by atoms with Crippen molar-refractivity contribution in [2.45, 2.75) is 19.0 Å². The van der Waals surface area contributed by atoms with Gasteiger partial charge < -0.3 is 20.1 Å². The molecule has 6 nitrogen and oxygen atoms in total. The monoisotopic (exact) mass is 324 g/mol. The zero-order chi connectivity index (χ0) is 16.7. The van der Waals surface area contributed by atoms with E-state index in [0.717, 1.165) is 11.1 Å². The number of nitrogens with zero attached hydrogens (tertiary/aromatic N) is 1. The number of rotatable bonds is 2. The van der Waals surface area contributed by atoms with Crippen molar-refractivity contribution in [2.75, 3.05) is 6.79 Å². The summed E-state index contributed by atoms with van der Waals surface area (Å²) in [5, 5.41) is 0. The molecule has 2 aromatic carbocycles. The van der Waals surface area contributed by atoms with Crippen molar-refractivity contribution < 1.29 is 19.1 Å². The highest BCUT2D eigenvalue weighted by Crippen LogP contribution is 2.33. The first-order valence-electron chi connectivity index (χ1n) is 7.70. The largest absolute Gasteiger partial charge is 0.454 e. The van der Waals surface area contributed by atoms with E-state index in [2.05, 4.69) is 0 Å². The molecule has 0 aromatic heterocycles. The average molecular weight is 324 g/mol. The molecule has 0 fully saturated rings. The molecular formula is C18H16N2O4. The second-order valence-corrected chi connectivity index (χ2v) is 5.89. The summed E-state index contributed by atoms with van der Waals surface area (Å²) < 4.78 is 10.6. The number of carbonyl (C=O) groups excluding carboxylic acids is 2. The van der Waals surface area contributed by atoms with Gasteiger partial charge in [-0.1, -0.05) is 24.3 Å². The Bertz CT molecular complexity index is 834. The van der Waals surface area contributed by atoms with Crippen molar-refractivity contribution in [3.63, 3.8) is 0 Å². The summed E-state index contributed by atoms with van der Waals surface area (Å²) in [7, 11) is 0. The van der Waals surface area contributed by atoms with E-state index in [1.165, 1.54) is 4.90 Å². The summed E-state index contributed by atoms with van der Waals surface area (Å²) in [4.78, 5) is 26.4. The van der Waals surface area contributed by atoms with Gasteiger partial charge in [-0.15, -0.1) is 0 Å². The number of carbonyl (C=O) groups is 2. The summed E-state index contributed by atoms with van der Waals surface area (Å²) in [5.74, 6) is 0.404. The van der Waals surface area contributed by atoms with Crippen LogP contribution in [0, 0.1) is 0 Å². The summed E-state index contributed by atoms with van der Waals surface area (Å²) in [5.41, 5.74) is 8.08. The predicted octanol–water partition coefficient (Wildman–Crippen LogP) is 1.47. The Morgan fingerprint density at radius 1 is 1.04 bits per heavy atom. The number of hydrogen-bond acceptors (Lipinski definition) is 4. The maximum Gasteiger partial charge on any atom is 0.254 e. The van der Waals surface area contributed by atoms with Gasteiger partial charge in [0.1, 0.15) is 6.04 Å². The van der Waals surface area contributed by atoms with Crippen molar-refractivity contribution in [3.05, 3.63) is 59.2 Å². The third-order valence-electron chi connectivity index (χ3n) is 4.46. The molecule has 0 aliphatic carbocycles. The smallest absolute Gasteiger partial charge is 0.254 e. The molecule has 2 N–H and O–H groups in total. The third kappa shape index (κ3) is 2.36. The van der Waals surface area contributed by atoms with E-state index < -0.39 is 11.9 Å². The molecule has 2 heterocycles. The van der Waals surface area contributed by atoms with E-state index >= 15 is 0 Å². The normalized spacial score (nSPS) is 18.2. The van der Waals surface area contributed by atoms with Crippen LogP contribution < -0.4 is 15.2 Å². The fourth-order valence-corrected chi connectivity index (χ4v) is 3.19. The highest BCUT2D eigenvalue weighted by Gasteiger charge is 2.34. The van der Waals surface area contributed by atoms with Gasteiger partial charge in [-0.2, -0.15) is 0 Å². The maximum absolute atomic E-state index is 12.9. The fraction of sp³-hybridized carbons (Fsp3) is 0.222. The molecule has 0 unspecified atom stereocenters. The van der Waals surface area contributed by atoms with Gasteiger partial charge in [0.25, 0.3) is 5.91 Å². The summed E-state index contributed by atoms with van der Waals surface area (Å²) in [6.45, 7) is 0.505.